The topological polar surface area (TPSA) is 83.2 Å². The van der Waals surface area contributed by atoms with Gasteiger partial charge in [-0.1, -0.05) is 12.1 Å². The largest absolute Gasteiger partial charge is 0.379 e. The maximum absolute atomic E-state index is 11.8. The molecule has 146 valence electrons. The molecule has 3 N–H and O–H groups in total. The van der Waals surface area contributed by atoms with Gasteiger partial charge < -0.3 is 20.7 Å². The van der Waals surface area contributed by atoms with Crippen molar-refractivity contribution in [3.63, 3.8) is 0 Å². The molecule has 1 fully saturated rings. The maximum atomic E-state index is 11.8. The molecule has 1 amide bonds. The molecular formula is C18H30IN5O2. The predicted molar refractivity (Wildman–Crippen MR) is 115 cm³/mol. The molecule has 1 aromatic rings. The van der Waals surface area contributed by atoms with Gasteiger partial charge in [-0.3, -0.25) is 9.69 Å². The fourth-order valence-corrected chi connectivity index (χ4v) is 2.59. The average Bonchev–Trinajstić information content (AvgIpc) is 2.64. The number of benzene rings is 1. The van der Waals surface area contributed by atoms with Crippen LogP contribution >= 0.6 is 24.0 Å². The lowest BCUT2D eigenvalue weighted by Crippen LogP contribution is -2.39. The van der Waals surface area contributed by atoms with E-state index >= 15 is 0 Å². The summed E-state index contributed by atoms with van der Waals surface area (Å²) in [6, 6.07) is 7.45. The summed E-state index contributed by atoms with van der Waals surface area (Å²) in [5.74, 6) is 0.451. The minimum atomic E-state index is -0.00324. The fraction of sp³-hybridized carbons (Fsp3) is 0.556. The number of amides is 1. The zero-order valence-electron chi connectivity index (χ0n) is 15.6. The summed E-state index contributed by atoms with van der Waals surface area (Å²) in [5.41, 5.74) is 7.60. The number of hydrogen-bond acceptors (Lipinski definition) is 4. The number of nitrogens with two attached hydrogens (primary N) is 1. The second-order valence-electron chi connectivity index (χ2n) is 6.33. The van der Waals surface area contributed by atoms with Crippen LogP contribution in [0.25, 0.3) is 0 Å². The first-order chi connectivity index (χ1) is 12.1. The number of hydrogen-bond donors (Lipinski definition) is 2. The summed E-state index contributed by atoms with van der Waals surface area (Å²) in [6.45, 7) is 6.03. The molecule has 2 rings (SSSR count). The van der Waals surface area contributed by atoms with E-state index in [1.54, 1.807) is 19.0 Å². The number of morpholine rings is 1. The molecule has 1 aliphatic rings. The summed E-state index contributed by atoms with van der Waals surface area (Å²) < 4.78 is 5.33. The van der Waals surface area contributed by atoms with Gasteiger partial charge in [-0.2, -0.15) is 0 Å². The van der Waals surface area contributed by atoms with Crippen molar-refractivity contribution in [3.8, 4) is 0 Å². The Labute approximate surface area is 173 Å². The minimum Gasteiger partial charge on any atom is -0.379 e. The van der Waals surface area contributed by atoms with Crippen LogP contribution in [0.15, 0.2) is 29.3 Å². The lowest BCUT2D eigenvalue weighted by molar-refractivity contribution is 0.0376. The number of ether oxygens (including phenoxy) is 1. The molecule has 0 aromatic heterocycles. The fourth-order valence-electron chi connectivity index (χ4n) is 2.59. The summed E-state index contributed by atoms with van der Waals surface area (Å²) in [5, 5.41) is 3.15. The number of nitrogens with zero attached hydrogens (tertiary/aromatic N) is 3. The van der Waals surface area contributed by atoms with Crippen molar-refractivity contribution >= 4 is 35.8 Å². The van der Waals surface area contributed by atoms with Crippen molar-refractivity contribution < 1.29 is 9.53 Å². The van der Waals surface area contributed by atoms with E-state index in [0.29, 0.717) is 18.1 Å². The number of nitrogens with one attached hydrogen (secondary N) is 1. The lowest BCUT2D eigenvalue weighted by atomic mass is 10.1. The van der Waals surface area contributed by atoms with Crippen LogP contribution in [-0.2, 0) is 11.3 Å². The highest BCUT2D eigenvalue weighted by Crippen LogP contribution is 2.07. The van der Waals surface area contributed by atoms with Crippen LogP contribution in [0.3, 0.4) is 0 Å². The third-order valence-corrected chi connectivity index (χ3v) is 4.10. The van der Waals surface area contributed by atoms with Crippen LogP contribution in [0.4, 0.5) is 0 Å². The van der Waals surface area contributed by atoms with Crippen molar-refractivity contribution in [2.24, 2.45) is 10.7 Å². The summed E-state index contributed by atoms with van der Waals surface area (Å²) in [4.78, 5) is 20.1. The minimum absolute atomic E-state index is 0. The van der Waals surface area contributed by atoms with Crippen molar-refractivity contribution in [1.29, 1.82) is 0 Å². The first-order valence-electron chi connectivity index (χ1n) is 8.71. The first-order valence-corrected chi connectivity index (χ1v) is 8.71. The Hall–Kier alpha value is -1.39. The molecule has 0 radical (unpaired) electrons. The Morgan fingerprint density at radius 2 is 1.92 bits per heavy atom. The van der Waals surface area contributed by atoms with Gasteiger partial charge >= 0.3 is 0 Å². The van der Waals surface area contributed by atoms with Crippen LogP contribution in [0.2, 0.25) is 0 Å². The Kier molecular flexibility index (Phi) is 10.5. The van der Waals surface area contributed by atoms with Crippen molar-refractivity contribution in [1.82, 2.24) is 15.1 Å². The highest BCUT2D eigenvalue weighted by Gasteiger charge is 2.09. The molecule has 1 aromatic carbocycles. The predicted octanol–water partition coefficient (Wildman–Crippen LogP) is 1.13. The Morgan fingerprint density at radius 1 is 1.27 bits per heavy atom. The average molecular weight is 475 g/mol. The van der Waals surface area contributed by atoms with E-state index in [4.69, 9.17) is 10.5 Å². The van der Waals surface area contributed by atoms with Crippen molar-refractivity contribution in [2.75, 3.05) is 53.5 Å². The second kappa shape index (κ2) is 12.1. The third-order valence-electron chi connectivity index (χ3n) is 4.10. The van der Waals surface area contributed by atoms with Crippen LogP contribution in [0.1, 0.15) is 22.3 Å². The molecule has 0 bridgehead atoms. The van der Waals surface area contributed by atoms with Crippen molar-refractivity contribution in [2.45, 2.75) is 13.0 Å². The number of carbonyl (C=O) groups is 1. The van der Waals surface area contributed by atoms with Crippen LogP contribution < -0.4 is 11.1 Å². The van der Waals surface area contributed by atoms with E-state index in [2.05, 4.69) is 15.2 Å². The molecule has 1 heterocycles. The van der Waals surface area contributed by atoms with E-state index in [0.717, 1.165) is 51.4 Å². The second-order valence-corrected chi connectivity index (χ2v) is 6.33. The van der Waals surface area contributed by atoms with E-state index in [1.165, 1.54) is 0 Å². The molecular weight excluding hydrogens is 445 g/mol. The summed E-state index contributed by atoms with van der Waals surface area (Å²) >= 11 is 0. The van der Waals surface area contributed by atoms with Crippen LogP contribution in [0, 0.1) is 0 Å². The molecule has 0 atom stereocenters. The standard InChI is InChI=1S/C18H29N5O2.HI/c1-22(2)17(24)16-6-4-15(5-7-16)14-21-18(19)20-8-3-9-23-10-12-25-13-11-23;/h4-7H,3,8-14H2,1-2H3,(H3,19,20,21);1H. The molecule has 1 saturated heterocycles. The van der Waals surface area contributed by atoms with Crippen LogP contribution in [-0.4, -0.2) is 75.2 Å². The summed E-state index contributed by atoms with van der Waals surface area (Å²) in [6.07, 6.45) is 1.03. The SMILES string of the molecule is CN(C)C(=O)c1ccc(CN=C(N)NCCCN2CCOCC2)cc1.I. The number of rotatable bonds is 7. The Bertz CT molecular complexity index is 571. The van der Waals surface area contributed by atoms with Crippen molar-refractivity contribution in [3.05, 3.63) is 35.4 Å². The molecule has 26 heavy (non-hydrogen) atoms. The number of carbonyl (C=O) groups excluding carboxylic acids is 1. The molecule has 0 saturated carbocycles. The van der Waals surface area contributed by atoms with E-state index in [9.17, 15) is 4.79 Å². The number of aliphatic imine (C=N–C) groups is 1. The molecule has 0 aliphatic carbocycles. The summed E-state index contributed by atoms with van der Waals surface area (Å²) in [7, 11) is 3.48. The molecule has 0 unspecified atom stereocenters. The number of halogens is 1. The van der Waals surface area contributed by atoms with Gasteiger partial charge in [0.05, 0.1) is 19.8 Å². The van der Waals surface area contributed by atoms with Gasteiger partial charge in [0, 0.05) is 39.3 Å². The third kappa shape index (κ3) is 7.88. The van der Waals surface area contributed by atoms with Crippen LogP contribution in [0.5, 0.6) is 0 Å². The zero-order valence-corrected chi connectivity index (χ0v) is 17.9. The monoisotopic (exact) mass is 475 g/mol. The molecule has 7 nitrogen and oxygen atoms in total. The van der Waals surface area contributed by atoms with E-state index in [1.807, 2.05) is 24.3 Å². The van der Waals surface area contributed by atoms with Gasteiger partial charge in [0.1, 0.15) is 0 Å². The zero-order chi connectivity index (χ0) is 18.1. The lowest BCUT2D eigenvalue weighted by Gasteiger charge is -2.26. The molecule has 8 heteroatoms. The Morgan fingerprint density at radius 3 is 2.54 bits per heavy atom. The molecule has 0 spiro atoms. The molecule has 1 aliphatic heterocycles. The van der Waals surface area contributed by atoms with E-state index < -0.39 is 0 Å². The van der Waals surface area contributed by atoms with E-state index in [-0.39, 0.29) is 29.9 Å². The van der Waals surface area contributed by atoms with Gasteiger partial charge in [0.2, 0.25) is 0 Å². The quantitative estimate of drug-likeness (QED) is 0.268. The smallest absolute Gasteiger partial charge is 0.253 e. The highest BCUT2D eigenvalue weighted by atomic mass is 127. The maximum Gasteiger partial charge on any atom is 0.253 e. The normalized spacial score (nSPS) is 15.2. The first kappa shape index (κ1) is 22.7. The number of guanidine groups is 1. The Balaban J connectivity index is 0.00000338. The van der Waals surface area contributed by atoms with Gasteiger partial charge in [0.15, 0.2) is 5.96 Å². The highest BCUT2D eigenvalue weighted by molar-refractivity contribution is 14.0. The van der Waals surface area contributed by atoms with Gasteiger partial charge in [-0.25, -0.2) is 4.99 Å². The van der Waals surface area contributed by atoms with Gasteiger partial charge in [0.25, 0.3) is 5.91 Å². The van der Waals surface area contributed by atoms with Gasteiger partial charge in [-0.05, 0) is 30.7 Å². The van der Waals surface area contributed by atoms with Gasteiger partial charge in [-0.15, -0.1) is 24.0 Å².